The molecule has 0 fully saturated rings. The van der Waals surface area contributed by atoms with Gasteiger partial charge in [-0.15, -0.1) is 6.42 Å². The summed E-state index contributed by atoms with van der Waals surface area (Å²) in [5.74, 6) is 4.80. The van der Waals surface area contributed by atoms with Gasteiger partial charge in [0, 0.05) is 0 Å². The SMILES string of the molecule is C#CCOc1c(I)cc(/C=C(\C#N)c2ccc(OC)c(OC)c2)cc1OCC. The number of hydrogen-bond acceptors (Lipinski definition) is 5. The average molecular weight is 489 g/mol. The third kappa shape index (κ3) is 5.11. The molecule has 0 aliphatic heterocycles. The van der Waals surface area contributed by atoms with Crippen LogP contribution in [0, 0.1) is 27.2 Å². The fourth-order valence-electron chi connectivity index (χ4n) is 2.54. The van der Waals surface area contributed by atoms with Gasteiger partial charge in [-0.1, -0.05) is 5.92 Å². The number of methoxy groups -OCH3 is 2. The van der Waals surface area contributed by atoms with Crippen molar-refractivity contribution in [2.75, 3.05) is 27.4 Å². The fourth-order valence-corrected chi connectivity index (χ4v) is 3.32. The Bertz CT molecular complexity index is 954. The summed E-state index contributed by atoms with van der Waals surface area (Å²) >= 11 is 2.16. The molecular weight excluding hydrogens is 469 g/mol. The molecule has 0 amide bonds. The summed E-state index contributed by atoms with van der Waals surface area (Å²) in [6.45, 7) is 2.53. The number of allylic oxidation sites excluding steroid dienone is 1. The van der Waals surface area contributed by atoms with Gasteiger partial charge in [-0.3, -0.25) is 0 Å². The Labute approximate surface area is 179 Å². The third-order valence-electron chi connectivity index (χ3n) is 3.76. The molecule has 0 unspecified atom stereocenters. The summed E-state index contributed by atoms with van der Waals surface area (Å²) in [6, 6.07) is 11.3. The molecule has 6 heteroatoms. The Morgan fingerprint density at radius 1 is 1.11 bits per heavy atom. The maximum atomic E-state index is 9.67. The van der Waals surface area contributed by atoms with E-state index < -0.39 is 0 Å². The molecule has 0 aliphatic carbocycles. The Hall–Kier alpha value is -2.84. The van der Waals surface area contributed by atoms with Gasteiger partial charge in [0.1, 0.15) is 6.61 Å². The van der Waals surface area contributed by atoms with Gasteiger partial charge in [-0.2, -0.15) is 5.26 Å². The maximum absolute atomic E-state index is 9.67. The molecule has 0 aliphatic rings. The minimum atomic E-state index is 0.153. The van der Waals surface area contributed by atoms with E-state index in [1.54, 1.807) is 32.4 Å². The predicted molar refractivity (Wildman–Crippen MR) is 118 cm³/mol. The van der Waals surface area contributed by atoms with E-state index >= 15 is 0 Å². The standard InChI is InChI=1S/C22H20INO4/c1-5-9-28-22-18(23)11-15(12-21(22)27-6-2)10-17(14-24)16-7-8-19(25-3)20(13-16)26-4/h1,7-8,10-13H,6,9H2,2-4H3/b17-10+. The minimum Gasteiger partial charge on any atom is -0.493 e. The van der Waals surface area contributed by atoms with E-state index in [1.807, 2.05) is 25.1 Å². The van der Waals surface area contributed by atoms with Crippen LogP contribution in [0.4, 0.5) is 0 Å². The van der Waals surface area contributed by atoms with Crippen LogP contribution in [-0.2, 0) is 0 Å². The second-order valence-electron chi connectivity index (χ2n) is 5.50. The Balaban J connectivity index is 2.49. The molecule has 28 heavy (non-hydrogen) atoms. The normalized spacial score (nSPS) is 10.6. The highest BCUT2D eigenvalue weighted by Gasteiger charge is 2.13. The number of nitrogens with zero attached hydrogens (tertiary/aromatic N) is 1. The maximum Gasteiger partial charge on any atom is 0.175 e. The Morgan fingerprint density at radius 2 is 1.86 bits per heavy atom. The lowest BCUT2D eigenvalue weighted by molar-refractivity contribution is 0.297. The Morgan fingerprint density at radius 3 is 2.46 bits per heavy atom. The van der Waals surface area contributed by atoms with Gasteiger partial charge in [0.15, 0.2) is 23.0 Å². The van der Waals surface area contributed by atoms with Crippen LogP contribution in [0.25, 0.3) is 11.6 Å². The first kappa shape index (κ1) is 21.5. The molecule has 0 saturated carbocycles. The van der Waals surface area contributed by atoms with Crippen molar-refractivity contribution in [3.8, 4) is 41.4 Å². The molecule has 2 aromatic carbocycles. The summed E-state index contributed by atoms with van der Waals surface area (Å²) in [5, 5.41) is 9.67. The molecule has 0 radical (unpaired) electrons. The molecule has 0 spiro atoms. The molecule has 5 nitrogen and oxygen atoms in total. The summed E-state index contributed by atoms with van der Waals surface area (Å²) in [5.41, 5.74) is 2.02. The third-order valence-corrected chi connectivity index (χ3v) is 4.56. The largest absolute Gasteiger partial charge is 0.493 e. The number of benzene rings is 2. The van der Waals surface area contributed by atoms with E-state index in [4.69, 9.17) is 25.4 Å². The lowest BCUT2D eigenvalue weighted by atomic mass is 10.0. The highest BCUT2D eigenvalue weighted by molar-refractivity contribution is 14.1. The molecule has 0 saturated heterocycles. The lowest BCUT2D eigenvalue weighted by Crippen LogP contribution is -2.01. The Kier molecular flexibility index (Phi) is 8.03. The van der Waals surface area contributed by atoms with Gasteiger partial charge in [-0.05, 0) is 77.0 Å². The molecule has 144 valence electrons. The second-order valence-corrected chi connectivity index (χ2v) is 6.66. The number of nitriles is 1. The average Bonchev–Trinajstić information content (AvgIpc) is 2.71. The smallest absolute Gasteiger partial charge is 0.175 e. The van der Waals surface area contributed by atoms with Gasteiger partial charge in [0.25, 0.3) is 0 Å². The van der Waals surface area contributed by atoms with Crippen LogP contribution >= 0.6 is 22.6 Å². The lowest BCUT2D eigenvalue weighted by Gasteiger charge is -2.13. The first-order valence-corrected chi connectivity index (χ1v) is 9.52. The van der Waals surface area contributed by atoms with Gasteiger partial charge in [0.2, 0.25) is 0 Å². The zero-order valence-electron chi connectivity index (χ0n) is 15.9. The van der Waals surface area contributed by atoms with Gasteiger partial charge in [0.05, 0.1) is 36.0 Å². The fraction of sp³-hybridized carbons (Fsp3) is 0.227. The highest BCUT2D eigenvalue weighted by Crippen LogP contribution is 2.36. The van der Waals surface area contributed by atoms with Crippen molar-refractivity contribution in [2.24, 2.45) is 0 Å². The minimum absolute atomic E-state index is 0.153. The van der Waals surface area contributed by atoms with Crippen molar-refractivity contribution in [1.82, 2.24) is 0 Å². The molecular formula is C22H20INO4. The number of rotatable bonds is 8. The molecule has 2 rings (SSSR count). The molecule has 0 heterocycles. The van der Waals surface area contributed by atoms with E-state index in [0.717, 1.165) is 14.7 Å². The van der Waals surface area contributed by atoms with Crippen LogP contribution in [0.1, 0.15) is 18.1 Å². The van der Waals surface area contributed by atoms with Gasteiger partial charge >= 0.3 is 0 Å². The van der Waals surface area contributed by atoms with Crippen LogP contribution in [0.5, 0.6) is 23.0 Å². The molecule has 2 aromatic rings. The van der Waals surface area contributed by atoms with Crippen molar-refractivity contribution in [3.63, 3.8) is 0 Å². The van der Waals surface area contributed by atoms with E-state index in [-0.39, 0.29) is 6.61 Å². The van der Waals surface area contributed by atoms with Crippen LogP contribution in [0.3, 0.4) is 0 Å². The number of halogens is 1. The predicted octanol–water partition coefficient (Wildman–Crippen LogP) is 4.78. The van der Waals surface area contributed by atoms with Gasteiger partial charge in [-0.25, -0.2) is 0 Å². The monoisotopic (exact) mass is 489 g/mol. The topological polar surface area (TPSA) is 60.7 Å². The summed E-state index contributed by atoms with van der Waals surface area (Å²) in [4.78, 5) is 0. The van der Waals surface area contributed by atoms with Crippen molar-refractivity contribution in [2.45, 2.75) is 6.92 Å². The number of ether oxygens (including phenoxy) is 4. The first-order valence-electron chi connectivity index (χ1n) is 8.44. The molecule has 0 N–H and O–H groups in total. The van der Waals surface area contributed by atoms with E-state index in [2.05, 4.69) is 34.6 Å². The van der Waals surface area contributed by atoms with E-state index in [1.165, 1.54) is 0 Å². The first-order chi connectivity index (χ1) is 13.6. The summed E-state index contributed by atoms with van der Waals surface area (Å²) < 4.78 is 22.7. The second kappa shape index (κ2) is 10.5. The van der Waals surface area contributed by atoms with Crippen LogP contribution in [0.2, 0.25) is 0 Å². The number of hydrogen-bond donors (Lipinski definition) is 0. The quantitative estimate of drug-likeness (QED) is 0.231. The molecule has 0 aromatic heterocycles. The van der Waals surface area contributed by atoms with Crippen LogP contribution in [-0.4, -0.2) is 27.4 Å². The number of terminal acetylenes is 1. The van der Waals surface area contributed by atoms with Crippen molar-refractivity contribution in [1.29, 1.82) is 5.26 Å². The van der Waals surface area contributed by atoms with Crippen molar-refractivity contribution >= 4 is 34.2 Å². The van der Waals surface area contributed by atoms with E-state index in [9.17, 15) is 5.26 Å². The van der Waals surface area contributed by atoms with E-state index in [0.29, 0.717) is 35.2 Å². The molecule has 0 bridgehead atoms. The van der Waals surface area contributed by atoms with Crippen LogP contribution < -0.4 is 18.9 Å². The summed E-state index contributed by atoms with van der Waals surface area (Å²) in [7, 11) is 3.13. The highest BCUT2D eigenvalue weighted by atomic mass is 127. The zero-order valence-corrected chi connectivity index (χ0v) is 18.1. The van der Waals surface area contributed by atoms with Crippen molar-refractivity contribution < 1.29 is 18.9 Å². The summed E-state index contributed by atoms with van der Waals surface area (Å²) in [6.07, 6.45) is 7.08. The zero-order chi connectivity index (χ0) is 20.5. The molecule has 0 atom stereocenters. The van der Waals surface area contributed by atoms with Crippen LogP contribution in [0.15, 0.2) is 30.3 Å². The van der Waals surface area contributed by atoms with Crippen molar-refractivity contribution in [3.05, 3.63) is 45.0 Å². The van der Waals surface area contributed by atoms with Gasteiger partial charge < -0.3 is 18.9 Å².